The number of anilines is 1. The molecule has 170 valence electrons. The molecule has 0 N–H and O–H groups in total. The third-order valence-electron chi connectivity index (χ3n) is 5.35. The van der Waals surface area contributed by atoms with Gasteiger partial charge in [-0.05, 0) is 73.5 Å². The third-order valence-corrected chi connectivity index (χ3v) is 5.88. The molecule has 4 rings (SSSR count). The quantitative estimate of drug-likeness (QED) is 0.378. The lowest BCUT2D eigenvalue weighted by atomic mass is 10.1. The number of nitrogens with zero attached hydrogens (tertiary/aromatic N) is 1. The van der Waals surface area contributed by atoms with Crippen molar-refractivity contribution in [3.05, 3.63) is 87.4 Å². The van der Waals surface area contributed by atoms with Gasteiger partial charge in [0.15, 0.2) is 6.61 Å². The van der Waals surface area contributed by atoms with Gasteiger partial charge in [0.25, 0.3) is 5.91 Å². The largest absolute Gasteiger partial charge is 0.489 e. The molecule has 1 amide bonds. The van der Waals surface area contributed by atoms with Gasteiger partial charge in [-0.1, -0.05) is 28.1 Å². The predicted octanol–water partition coefficient (Wildman–Crippen LogP) is 5.44. The predicted molar refractivity (Wildman–Crippen MR) is 129 cm³/mol. The Balaban J connectivity index is 1.43. The maximum Gasteiger partial charge on any atom is 0.344 e. The molecule has 0 aliphatic carbocycles. The van der Waals surface area contributed by atoms with Crippen molar-refractivity contribution in [1.29, 1.82) is 0 Å². The van der Waals surface area contributed by atoms with E-state index in [4.69, 9.17) is 14.2 Å². The summed E-state index contributed by atoms with van der Waals surface area (Å²) >= 11 is 3.43. The lowest BCUT2D eigenvalue weighted by Gasteiger charge is -2.16. The molecular weight excluding hydrogens is 486 g/mol. The summed E-state index contributed by atoms with van der Waals surface area (Å²) in [6, 6.07) is 18.9. The maximum absolute atomic E-state index is 13.0. The summed E-state index contributed by atoms with van der Waals surface area (Å²) in [7, 11) is 0. The van der Waals surface area contributed by atoms with Crippen molar-refractivity contribution in [2.24, 2.45) is 0 Å². The Kier molecular flexibility index (Phi) is 6.99. The summed E-state index contributed by atoms with van der Waals surface area (Å²) in [5.41, 5.74) is 4.25. The minimum absolute atomic E-state index is 0.0308. The number of hydrogen-bond donors (Lipinski definition) is 0. The van der Waals surface area contributed by atoms with Crippen LogP contribution in [0.4, 0.5) is 5.69 Å². The molecule has 0 saturated carbocycles. The lowest BCUT2D eigenvalue weighted by molar-refractivity contribution is -0.145. The lowest BCUT2D eigenvalue weighted by Crippen LogP contribution is -2.22. The van der Waals surface area contributed by atoms with Crippen LogP contribution in [0.2, 0.25) is 0 Å². The fourth-order valence-electron chi connectivity index (χ4n) is 3.73. The van der Waals surface area contributed by atoms with E-state index in [1.165, 1.54) is 0 Å². The number of amides is 1. The molecule has 0 radical (unpaired) electrons. The van der Waals surface area contributed by atoms with Crippen LogP contribution >= 0.6 is 15.9 Å². The molecule has 0 spiro atoms. The number of aryl methyl sites for hydroxylation is 1. The van der Waals surface area contributed by atoms with E-state index >= 15 is 0 Å². The number of carbonyl (C=O) groups excluding carboxylic acids is 2. The Hall–Kier alpha value is -3.32. The van der Waals surface area contributed by atoms with Gasteiger partial charge in [-0.3, -0.25) is 4.79 Å². The zero-order valence-electron chi connectivity index (χ0n) is 18.5. The van der Waals surface area contributed by atoms with Gasteiger partial charge < -0.3 is 19.1 Å². The first-order valence-corrected chi connectivity index (χ1v) is 11.5. The molecule has 33 heavy (non-hydrogen) atoms. The number of ether oxygens (including phenoxy) is 3. The SMILES string of the molecule is CCOC(=O)COc1ccc(COc2cccc3c2CN(c2ccc(Br)cc2)C3=O)cc1C. The van der Waals surface area contributed by atoms with E-state index < -0.39 is 5.97 Å². The molecule has 0 bridgehead atoms. The topological polar surface area (TPSA) is 65.1 Å². The van der Waals surface area contributed by atoms with Crippen LogP contribution in [0.15, 0.2) is 65.1 Å². The Bertz CT molecular complexity index is 1180. The normalized spacial score (nSPS) is 12.5. The van der Waals surface area contributed by atoms with Gasteiger partial charge in [0.2, 0.25) is 0 Å². The van der Waals surface area contributed by atoms with Gasteiger partial charge in [0.1, 0.15) is 18.1 Å². The standard InChI is InChI=1S/C26H24BrNO5/c1-3-31-25(29)16-33-23-12-7-18(13-17(23)2)15-32-24-6-4-5-21-22(24)14-28(26(21)30)20-10-8-19(27)9-11-20/h4-13H,3,14-16H2,1-2H3. The van der Waals surface area contributed by atoms with Crippen molar-refractivity contribution in [3.63, 3.8) is 0 Å². The second kappa shape index (κ2) is 10.1. The molecule has 0 fully saturated rings. The van der Waals surface area contributed by atoms with Crippen LogP contribution in [0.5, 0.6) is 11.5 Å². The Morgan fingerprint density at radius 1 is 1.03 bits per heavy atom. The Morgan fingerprint density at radius 3 is 2.55 bits per heavy atom. The van der Waals surface area contributed by atoms with E-state index in [0.29, 0.717) is 36.8 Å². The van der Waals surface area contributed by atoms with Crippen molar-refractivity contribution in [1.82, 2.24) is 0 Å². The molecule has 0 saturated heterocycles. The van der Waals surface area contributed by atoms with Crippen LogP contribution in [0.25, 0.3) is 0 Å². The highest BCUT2D eigenvalue weighted by Crippen LogP contribution is 2.35. The summed E-state index contributed by atoms with van der Waals surface area (Å²) in [5.74, 6) is 0.898. The van der Waals surface area contributed by atoms with Crippen LogP contribution < -0.4 is 14.4 Å². The highest BCUT2D eigenvalue weighted by Gasteiger charge is 2.31. The van der Waals surface area contributed by atoms with Crippen LogP contribution in [0.3, 0.4) is 0 Å². The molecular formula is C26H24BrNO5. The third kappa shape index (κ3) is 5.20. The summed E-state index contributed by atoms with van der Waals surface area (Å²) in [4.78, 5) is 26.2. The second-order valence-corrected chi connectivity index (χ2v) is 8.55. The molecule has 3 aromatic carbocycles. The van der Waals surface area contributed by atoms with Crippen LogP contribution in [-0.2, 0) is 22.7 Å². The first kappa shape index (κ1) is 22.9. The van der Waals surface area contributed by atoms with Gasteiger partial charge in [-0.15, -0.1) is 0 Å². The maximum atomic E-state index is 13.0. The summed E-state index contributed by atoms with van der Waals surface area (Å²) in [5, 5.41) is 0. The number of benzene rings is 3. The van der Waals surface area contributed by atoms with E-state index in [9.17, 15) is 9.59 Å². The van der Waals surface area contributed by atoms with E-state index in [1.54, 1.807) is 11.8 Å². The van der Waals surface area contributed by atoms with Crippen molar-refractivity contribution in [3.8, 4) is 11.5 Å². The number of esters is 1. The number of rotatable bonds is 8. The Labute approximate surface area is 201 Å². The van der Waals surface area contributed by atoms with Crippen molar-refractivity contribution in [2.75, 3.05) is 18.1 Å². The monoisotopic (exact) mass is 509 g/mol. The highest BCUT2D eigenvalue weighted by atomic mass is 79.9. The smallest absolute Gasteiger partial charge is 0.344 e. The molecule has 1 aliphatic heterocycles. The zero-order valence-corrected chi connectivity index (χ0v) is 20.1. The Morgan fingerprint density at radius 2 is 1.82 bits per heavy atom. The molecule has 0 atom stereocenters. The average molecular weight is 510 g/mol. The fourth-order valence-corrected chi connectivity index (χ4v) is 4.00. The minimum Gasteiger partial charge on any atom is -0.489 e. The summed E-state index contributed by atoms with van der Waals surface area (Å²) < 4.78 is 17.5. The number of fused-ring (bicyclic) bond motifs is 1. The highest BCUT2D eigenvalue weighted by molar-refractivity contribution is 9.10. The molecule has 3 aromatic rings. The van der Waals surface area contributed by atoms with E-state index in [2.05, 4.69) is 15.9 Å². The molecule has 0 unspecified atom stereocenters. The molecule has 6 nitrogen and oxygen atoms in total. The van der Waals surface area contributed by atoms with Crippen LogP contribution in [0, 0.1) is 6.92 Å². The van der Waals surface area contributed by atoms with Crippen molar-refractivity contribution >= 4 is 33.5 Å². The van der Waals surface area contributed by atoms with Crippen molar-refractivity contribution in [2.45, 2.75) is 27.0 Å². The number of halogens is 1. The molecule has 7 heteroatoms. The first-order chi connectivity index (χ1) is 16.0. The second-order valence-electron chi connectivity index (χ2n) is 7.63. The fraction of sp³-hybridized carbons (Fsp3) is 0.231. The van der Waals surface area contributed by atoms with Gasteiger partial charge >= 0.3 is 5.97 Å². The van der Waals surface area contributed by atoms with E-state index in [-0.39, 0.29) is 12.5 Å². The summed E-state index contributed by atoms with van der Waals surface area (Å²) in [6.07, 6.45) is 0. The van der Waals surface area contributed by atoms with Gasteiger partial charge in [-0.25, -0.2) is 4.79 Å². The van der Waals surface area contributed by atoms with E-state index in [0.717, 1.165) is 26.9 Å². The summed E-state index contributed by atoms with van der Waals surface area (Å²) in [6.45, 7) is 4.69. The number of carbonyl (C=O) groups is 2. The van der Waals surface area contributed by atoms with Crippen LogP contribution in [-0.4, -0.2) is 25.1 Å². The van der Waals surface area contributed by atoms with Gasteiger partial charge in [0, 0.05) is 21.3 Å². The molecule has 1 heterocycles. The zero-order chi connectivity index (χ0) is 23.4. The first-order valence-electron chi connectivity index (χ1n) is 10.7. The molecule has 0 aromatic heterocycles. The van der Waals surface area contributed by atoms with E-state index in [1.807, 2.05) is 67.6 Å². The molecule has 1 aliphatic rings. The minimum atomic E-state index is -0.394. The van der Waals surface area contributed by atoms with Crippen molar-refractivity contribution < 1.29 is 23.8 Å². The number of hydrogen-bond acceptors (Lipinski definition) is 5. The van der Waals surface area contributed by atoms with Gasteiger partial charge in [-0.2, -0.15) is 0 Å². The van der Waals surface area contributed by atoms with Gasteiger partial charge in [0.05, 0.1) is 13.2 Å². The average Bonchev–Trinajstić information content (AvgIpc) is 3.15. The van der Waals surface area contributed by atoms with Crippen LogP contribution in [0.1, 0.15) is 34.0 Å².